The molecule has 12 heteroatoms. The molecule has 0 saturated carbocycles. The van der Waals surface area contributed by atoms with Gasteiger partial charge in [-0.2, -0.15) is 0 Å². The molecule has 41 heavy (non-hydrogen) atoms. The van der Waals surface area contributed by atoms with Crippen molar-refractivity contribution < 1.29 is 48.0 Å². The molecule has 2 atom stereocenters. The fraction of sp³-hybridized carbons (Fsp3) is 0.448. The summed E-state index contributed by atoms with van der Waals surface area (Å²) in [6, 6.07) is 12.4. The number of hydrogen-bond acceptors (Lipinski definition) is 9. The predicted molar refractivity (Wildman–Crippen MR) is 146 cm³/mol. The first-order valence-corrected chi connectivity index (χ1v) is 13.2. The van der Waals surface area contributed by atoms with Crippen molar-refractivity contribution in [3.8, 4) is 11.5 Å². The van der Waals surface area contributed by atoms with Crippen LogP contribution in [0.4, 0.5) is 0 Å². The van der Waals surface area contributed by atoms with Crippen LogP contribution < -0.4 is 9.47 Å². The highest BCUT2D eigenvalue weighted by Crippen LogP contribution is 2.27. The van der Waals surface area contributed by atoms with Crippen LogP contribution in [-0.4, -0.2) is 98.7 Å². The van der Waals surface area contributed by atoms with E-state index in [0.717, 1.165) is 6.42 Å². The summed E-state index contributed by atoms with van der Waals surface area (Å²) in [4.78, 5) is 51.0. The van der Waals surface area contributed by atoms with Gasteiger partial charge < -0.3 is 38.6 Å². The molecular formula is C29H36N2O10. The topological polar surface area (TPSA) is 141 Å². The van der Waals surface area contributed by atoms with Crippen molar-refractivity contribution in [1.29, 1.82) is 0 Å². The van der Waals surface area contributed by atoms with Crippen molar-refractivity contribution in [3.05, 3.63) is 59.7 Å². The van der Waals surface area contributed by atoms with E-state index in [1.165, 1.54) is 26.2 Å². The van der Waals surface area contributed by atoms with Gasteiger partial charge in [0.15, 0.2) is 13.6 Å². The van der Waals surface area contributed by atoms with Gasteiger partial charge in [-0.15, -0.1) is 0 Å². The quantitative estimate of drug-likeness (QED) is 0.334. The Kier molecular flexibility index (Phi) is 11.9. The molecule has 2 heterocycles. The first kappa shape index (κ1) is 31.4. The minimum absolute atomic E-state index is 0.0344. The van der Waals surface area contributed by atoms with Gasteiger partial charge in [-0.1, -0.05) is 24.3 Å². The van der Waals surface area contributed by atoms with Crippen LogP contribution in [0.5, 0.6) is 11.5 Å². The van der Waals surface area contributed by atoms with Crippen molar-refractivity contribution in [3.63, 3.8) is 0 Å². The Labute approximate surface area is 238 Å². The van der Waals surface area contributed by atoms with E-state index in [9.17, 15) is 19.2 Å². The number of ether oxygens (including phenoxy) is 5. The van der Waals surface area contributed by atoms with Crippen LogP contribution in [0.3, 0.4) is 0 Å². The molecule has 2 saturated heterocycles. The van der Waals surface area contributed by atoms with Crippen LogP contribution >= 0.6 is 0 Å². The van der Waals surface area contributed by atoms with Crippen LogP contribution in [-0.2, 0) is 23.8 Å². The summed E-state index contributed by atoms with van der Waals surface area (Å²) in [7, 11) is 4.34. The summed E-state index contributed by atoms with van der Waals surface area (Å²) in [6.45, 7) is 1.09. The molecule has 2 fully saturated rings. The predicted octanol–water partition coefficient (Wildman–Crippen LogP) is 2.81. The Morgan fingerprint density at radius 3 is 1.61 bits per heavy atom. The number of carbonyl (C=O) groups excluding carboxylic acids is 3. The second kappa shape index (κ2) is 15.6. The van der Waals surface area contributed by atoms with Crippen molar-refractivity contribution in [1.82, 2.24) is 9.80 Å². The summed E-state index contributed by atoms with van der Waals surface area (Å²) >= 11 is 0. The van der Waals surface area contributed by atoms with Crippen LogP contribution in [0.2, 0.25) is 0 Å². The monoisotopic (exact) mass is 572 g/mol. The van der Waals surface area contributed by atoms with Crippen molar-refractivity contribution in [2.45, 2.75) is 37.8 Å². The van der Waals surface area contributed by atoms with Gasteiger partial charge in [0, 0.05) is 27.3 Å². The number of nitrogens with zero attached hydrogens (tertiary/aromatic N) is 2. The molecule has 4 rings (SSSR count). The molecule has 2 aliphatic rings. The van der Waals surface area contributed by atoms with E-state index >= 15 is 0 Å². The molecule has 0 spiro atoms. The molecule has 222 valence electrons. The molecule has 12 nitrogen and oxygen atoms in total. The third kappa shape index (κ3) is 7.95. The Morgan fingerprint density at radius 1 is 0.732 bits per heavy atom. The fourth-order valence-corrected chi connectivity index (χ4v) is 4.75. The van der Waals surface area contributed by atoms with E-state index in [4.69, 9.17) is 28.8 Å². The molecule has 0 aromatic heterocycles. The summed E-state index contributed by atoms with van der Waals surface area (Å²) < 4.78 is 25.2. The summed E-state index contributed by atoms with van der Waals surface area (Å²) in [5.74, 6) is -1.05. The smallest absolute Gasteiger partial charge is 0.328 e. The van der Waals surface area contributed by atoms with Gasteiger partial charge in [-0.05, 0) is 49.9 Å². The summed E-state index contributed by atoms with van der Waals surface area (Å²) in [5, 5.41) is 9.15. The number of methoxy groups -OCH3 is 3. The van der Waals surface area contributed by atoms with Crippen molar-refractivity contribution in [2.24, 2.45) is 0 Å². The molecule has 2 aromatic rings. The number of aliphatic carboxylic acids is 1. The first-order valence-electron chi connectivity index (χ1n) is 13.2. The Hall–Kier alpha value is -4.16. The number of rotatable bonds is 10. The Morgan fingerprint density at radius 2 is 1.17 bits per heavy atom. The molecule has 1 N–H and O–H groups in total. The maximum Gasteiger partial charge on any atom is 0.328 e. The number of likely N-dealkylation sites (tertiary alicyclic amines) is 2. The second-order valence-electron chi connectivity index (χ2n) is 9.27. The molecule has 0 unspecified atom stereocenters. The summed E-state index contributed by atoms with van der Waals surface area (Å²) in [5.41, 5.74) is 0.781. The van der Waals surface area contributed by atoms with Gasteiger partial charge in [0.2, 0.25) is 0 Å². The first-order chi connectivity index (χ1) is 19.8. The maximum absolute atomic E-state index is 12.7. The fourth-order valence-electron chi connectivity index (χ4n) is 4.75. The van der Waals surface area contributed by atoms with Crippen LogP contribution in [0.1, 0.15) is 46.4 Å². The van der Waals surface area contributed by atoms with Crippen molar-refractivity contribution >= 4 is 23.8 Å². The van der Waals surface area contributed by atoms with Gasteiger partial charge in [-0.25, -0.2) is 9.59 Å². The number of hydrogen-bond donors (Lipinski definition) is 1. The van der Waals surface area contributed by atoms with E-state index in [0.29, 0.717) is 55.0 Å². The zero-order chi connectivity index (χ0) is 29.8. The van der Waals surface area contributed by atoms with Gasteiger partial charge in [0.25, 0.3) is 11.8 Å². The van der Waals surface area contributed by atoms with E-state index < -0.39 is 18.1 Å². The van der Waals surface area contributed by atoms with Gasteiger partial charge in [0.1, 0.15) is 23.6 Å². The highest BCUT2D eigenvalue weighted by atomic mass is 16.7. The lowest BCUT2D eigenvalue weighted by molar-refractivity contribution is -0.145. The molecule has 0 radical (unpaired) electrons. The second-order valence-corrected chi connectivity index (χ2v) is 9.27. The lowest BCUT2D eigenvalue weighted by Gasteiger charge is -2.23. The number of amides is 2. The standard InChI is InChI=1S/C15H19NO5.C14H17NO5/c1-19-10-21-13-8-4-3-6-11(13)14(17)16-9-5-7-12(16)15(18)20-2;1-19-9-20-12-7-3-2-5-10(12)13(16)15-8-4-6-11(15)14(17)18/h3-4,6,8,12H,5,7,9-10H2,1-2H3;2-3,5,7,11H,4,6,8-9H2,1H3,(H,17,18)/t12-;11-/m00/s1. The third-order valence-electron chi connectivity index (χ3n) is 6.69. The third-order valence-corrected chi connectivity index (χ3v) is 6.69. The maximum atomic E-state index is 12.7. The molecule has 2 amide bonds. The number of benzene rings is 2. The number of carboxylic acid groups (broad SMARTS) is 1. The number of para-hydroxylation sites is 2. The highest BCUT2D eigenvalue weighted by molar-refractivity contribution is 6.00. The molecule has 2 aromatic carbocycles. The largest absolute Gasteiger partial charge is 0.480 e. The van der Waals surface area contributed by atoms with Gasteiger partial charge >= 0.3 is 11.9 Å². The van der Waals surface area contributed by atoms with E-state index in [1.54, 1.807) is 53.4 Å². The SMILES string of the molecule is COCOc1ccccc1C(=O)N1CCC[C@H]1C(=O)O.COCOc1ccccc1C(=O)N1CCC[C@H]1C(=O)OC. The molecular weight excluding hydrogens is 536 g/mol. The van der Waals surface area contributed by atoms with E-state index in [-0.39, 0.29) is 31.4 Å². The van der Waals surface area contributed by atoms with E-state index in [2.05, 4.69) is 0 Å². The highest BCUT2D eigenvalue weighted by Gasteiger charge is 2.37. The van der Waals surface area contributed by atoms with Crippen LogP contribution in [0, 0.1) is 0 Å². The van der Waals surface area contributed by atoms with Crippen LogP contribution in [0.15, 0.2) is 48.5 Å². The normalized spacial score (nSPS) is 17.8. The zero-order valence-corrected chi connectivity index (χ0v) is 23.4. The molecule has 0 aliphatic carbocycles. The lowest BCUT2D eigenvalue weighted by atomic mass is 10.1. The zero-order valence-electron chi connectivity index (χ0n) is 23.4. The van der Waals surface area contributed by atoms with E-state index in [1.807, 2.05) is 0 Å². The Balaban J connectivity index is 0.000000226. The summed E-state index contributed by atoms with van der Waals surface area (Å²) in [6.07, 6.45) is 2.60. The van der Waals surface area contributed by atoms with Crippen molar-refractivity contribution in [2.75, 3.05) is 48.0 Å². The van der Waals surface area contributed by atoms with Gasteiger partial charge in [0.05, 0.1) is 18.2 Å². The minimum Gasteiger partial charge on any atom is -0.480 e. The van der Waals surface area contributed by atoms with Crippen LogP contribution in [0.25, 0.3) is 0 Å². The molecule has 2 aliphatic heterocycles. The Bertz CT molecular complexity index is 1200. The number of carboxylic acids is 1. The number of esters is 1. The minimum atomic E-state index is -0.967. The average Bonchev–Trinajstić information content (AvgIpc) is 3.69. The number of carbonyl (C=O) groups is 4. The van der Waals surface area contributed by atoms with Gasteiger partial charge in [-0.3, -0.25) is 9.59 Å². The lowest BCUT2D eigenvalue weighted by Crippen LogP contribution is -2.41. The molecule has 0 bridgehead atoms. The average molecular weight is 573 g/mol.